The third-order valence-corrected chi connectivity index (χ3v) is 2.44. The number of benzene rings is 1. The van der Waals surface area contributed by atoms with Gasteiger partial charge in [0.25, 0.3) is 0 Å². The summed E-state index contributed by atoms with van der Waals surface area (Å²) >= 11 is 0. The summed E-state index contributed by atoms with van der Waals surface area (Å²) < 4.78 is 10.4. The molecule has 1 atom stereocenters. The molecule has 0 aliphatic carbocycles. The van der Waals surface area contributed by atoms with Crippen LogP contribution >= 0.6 is 0 Å². The first-order valence-electron chi connectivity index (χ1n) is 6.95. The number of hydrogen-bond donors (Lipinski definition) is 3. The van der Waals surface area contributed by atoms with E-state index in [1.54, 1.807) is 13.0 Å². The molecule has 4 N–H and O–H groups in total. The quantitative estimate of drug-likeness (QED) is 0.523. The van der Waals surface area contributed by atoms with Crippen LogP contribution in [0.5, 0.6) is 5.75 Å². The van der Waals surface area contributed by atoms with E-state index in [2.05, 4.69) is 0 Å². The normalized spacial score (nSPS) is 10.7. The second-order valence-corrected chi connectivity index (χ2v) is 4.23. The predicted octanol–water partition coefficient (Wildman–Crippen LogP) is 1.19. The summed E-state index contributed by atoms with van der Waals surface area (Å²) in [5, 5.41) is 14.8. The lowest BCUT2D eigenvalue weighted by atomic mass is 10.1. The van der Waals surface area contributed by atoms with E-state index in [4.69, 9.17) is 35.0 Å². The molecule has 0 fully saturated rings. The fraction of sp³-hybridized carbons (Fsp3) is 0.400. The molecular weight excluding hydrogens is 306 g/mol. The Balaban J connectivity index is 0.000000688. The predicted molar refractivity (Wildman–Crippen MR) is 81.1 cm³/mol. The Labute approximate surface area is 133 Å². The third kappa shape index (κ3) is 7.82. The van der Waals surface area contributed by atoms with Gasteiger partial charge in [-0.1, -0.05) is 25.1 Å². The Hall–Kier alpha value is -2.61. The van der Waals surface area contributed by atoms with Crippen LogP contribution in [0.4, 0.5) is 0 Å². The molecular formula is C15H21NO7. The number of rotatable bonds is 6. The van der Waals surface area contributed by atoms with Crippen molar-refractivity contribution in [1.82, 2.24) is 0 Å². The molecule has 8 heteroatoms. The highest BCUT2D eigenvalue weighted by atomic mass is 16.5. The lowest BCUT2D eigenvalue weighted by Gasteiger charge is -2.15. The van der Waals surface area contributed by atoms with Crippen molar-refractivity contribution in [3.05, 3.63) is 29.8 Å². The first kappa shape index (κ1) is 20.4. The van der Waals surface area contributed by atoms with Crippen molar-refractivity contribution in [2.45, 2.75) is 26.3 Å². The second kappa shape index (κ2) is 11.0. The number of hydrogen-bond acceptors (Lipinski definition) is 6. The Morgan fingerprint density at radius 2 is 1.70 bits per heavy atom. The molecule has 0 heterocycles. The highest BCUT2D eigenvalue weighted by Gasteiger charge is 2.20. The van der Waals surface area contributed by atoms with E-state index in [1.165, 1.54) is 0 Å². The van der Waals surface area contributed by atoms with Crippen molar-refractivity contribution >= 4 is 17.9 Å². The average Bonchev–Trinajstić information content (AvgIpc) is 2.53. The summed E-state index contributed by atoms with van der Waals surface area (Å²) in [5.74, 6) is -3.43. The molecule has 0 bridgehead atoms. The number of para-hydroxylation sites is 1. The lowest BCUT2D eigenvalue weighted by Crippen LogP contribution is -2.24. The van der Waals surface area contributed by atoms with Gasteiger partial charge in [0.05, 0.1) is 13.2 Å². The fourth-order valence-corrected chi connectivity index (χ4v) is 1.44. The number of esters is 1. The number of ether oxygens (including phenoxy) is 2. The summed E-state index contributed by atoms with van der Waals surface area (Å²) in [6, 6.07) is 6.49. The van der Waals surface area contributed by atoms with E-state index in [9.17, 15) is 4.79 Å². The number of carbonyl (C=O) groups is 3. The van der Waals surface area contributed by atoms with Gasteiger partial charge in [-0.2, -0.15) is 0 Å². The van der Waals surface area contributed by atoms with Gasteiger partial charge in [0, 0.05) is 5.56 Å². The van der Waals surface area contributed by atoms with Crippen molar-refractivity contribution in [1.29, 1.82) is 0 Å². The highest BCUT2D eigenvalue weighted by Crippen LogP contribution is 2.24. The zero-order valence-corrected chi connectivity index (χ0v) is 13.0. The summed E-state index contributed by atoms with van der Waals surface area (Å²) in [7, 11) is 0. The van der Waals surface area contributed by atoms with Crippen LogP contribution in [0.15, 0.2) is 24.3 Å². The van der Waals surface area contributed by atoms with Crippen LogP contribution in [0.2, 0.25) is 0 Å². The Morgan fingerprint density at radius 1 is 1.13 bits per heavy atom. The van der Waals surface area contributed by atoms with Crippen LogP contribution in [0.3, 0.4) is 0 Å². The first-order valence-corrected chi connectivity index (χ1v) is 6.95. The second-order valence-electron chi connectivity index (χ2n) is 4.23. The van der Waals surface area contributed by atoms with Gasteiger partial charge in [-0.15, -0.1) is 0 Å². The van der Waals surface area contributed by atoms with E-state index in [1.807, 2.05) is 25.1 Å². The maximum Gasteiger partial charge on any atom is 0.414 e. The standard InChI is InChI=1S/C13H19NO3.C2H2O4/c1-3-9-17-11-8-6-5-7-10(11)12(14)13(15)16-4-2;3-1(4)2(5)6/h5-8,12H,3-4,9,14H2,1-2H3;(H,3,4)(H,5,6). The molecule has 1 aromatic carbocycles. The van der Waals surface area contributed by atoms with Crippen molar-refractivity contribution < 1.29 is 34.1 Å². The molecule has 23 heavy (non-hydrogen) atoms. The van der Waals surface area contributed by atoms with E-state index in [0.717, 1.165) is 6.42 Å². The Kier molecular flexibility index (Phi) is 9.77. The molecule has 0 aromatic heterocycles. The van der Waals surface area contributed by atoms with Gasteiger partial charge >= 0.3 is 17.9 Å². The Bertz CT molecular complexity index is 518. The molecule has 8 nitrogen and oxygen atoms in total. The SMILES string of the molecule is CCCOc1ccccc1C(N)C(=O)OCC.O=C(O)C(=O)O. The lowest BCUT2D eigenvalue weighted by molar-refractivity contribution is -0.159. The minimum Gasteiger partial charge on any atom is -0.493 e. The van der Waals surface area contributed by atoms with Gasteiger partial charge in [-0.3, -0.25) is 0 Å². The number of nitrogens with two attached hydrogens (primary N) is 1. The molecule has 128 valence electrons. The van der Waals surface area contributed by atoms with Crippen LogP contribution in [-0.2, 0) is 19.1 Å². The Morgan fingerprint density at radius 3 is 2.17 bits per heavy atom. The number of aliphatic carboxylic acids is 2. The number of carboxylic acid groups (broad SMARTS) is 2. The maximum absolute atomic E-state index is 11.6. The van der Waals surface area contributed by atoms with Crippen LogP contribution in [0, 0.1) is 0 Å². The van der Waals surface area contributed by atoms with Gasteiger partial charge in [-0.05, 0) is 19.4 Å². The topological polar surface area (TPSA) is 136 Å². The van der Waals surface area contributed by atoms with E-state index in [-0.39, 0.29) is 0 Å². The summed E-state index contributed by atoms with van der Waals surface area (Å²) in [6.07, 6.45) is 0.906. The van der Waals surface area contributed by atoms with Gasteiger partial charge in [0.2, 0.25) is 0 Å². The van der Waals surface area contributed by atoms with E-state index < -0.39 is 23.9 Å². The van der Waals surface area contributed by atoms with Crippen molar-refractivity contribution in [2.24, 2.45) is 5.73 Å². The average molecular weight is 327 g/mol. The molecule has 0 aliphatic heterocycles. The van der Waals surface area contributed by atoms with Gasteiger partial charge in [-0.25, -0.2) is 14.4 Å². The summed E-state index contributed by atoms with van der Waals surface area (Å²) in [4.78, 5) is 29.8. The van der Waals surface area contributed by atoms with Gasteiger partial charge < -0.3 is 25.4 Å². The fourth-order valence-electron chi connectivity index (χ4n) is 1.44. The molecule has 0 radical (unpaired) electrons. The van der Waals surface area contributed by atoms with Crippen LogP contribution in [0.25, 0.3) is 0 Å². The molecule has 1 rings (SSSR count). The minimum atomic E-state index is -1.82. The smallest absolute Gasteiger partial charge is 0.414 e. The monoisotopic (exact) mass is 327 g/mol. The largest absolute Gasteiger partial charge is 0.493 e. The van der Waals surface area contributed by atoms with Crippen molar-refractivity contribution in [2.75, 3.05) is 13.2 Å². The van der Waals surface area contributed by atoms with E-state index >= 15 is 0 Å². The molecule has 0 aliphatic rings. The number of carboxylic acids is 2. The van der Waals surface area contributed by atoms with E-state index in [0.29, 0.717) is 24.5 Å². The van der Waals surface area contributed by atoms with Gasteiger partial charge in [0.15, 0.2) is 0 Å². The molecule has 1 aromatic rings. The first-order chi connectivity index (χ1) is 10.8. The summed E-state index contributed by atoms with van der Waals surface area (Å²) in [6.45, 7) is 4.70. The zero-order valence-electron chi connectivity index (χ0n) is 13.0. The van der Waals surface area contributed by atoms with Crippen molar-refractivity contribution in [3.8, 4) is 5.75 Å². The molecule has 0 spiro atoms. The molecule has 0 saturated heterocycles. The van der Waals surface area contributed by atoms with Crippen LogP contribution < -0.4 is 10.5 Å². The van der Waals surface area contributed by atoms with Gasteiger partial charge in [0.1, 0.15) is 11.8 Å². The molecule has 1 unspecified atom stereocenters. The number of carbonyl (C=O) groups excluding carboxylic acids is 1. The highest BCUT2D eigenvalue weighted by molar-refractivity contribution is 6.27. The van der Waals surface area contributed by atoms with Crippen LogP contribution in [0.1, 0.15) is 31.9 Å². The third-order valence-electron chi connectivity index (χ3n) is 2.44. The molecule has 0 amide bonds. The zero-order chi connectivity index (χ0) is 17.8. The maximum atomic E-state index is 11.6. The summed E-state index contributed by atoms with van der Waals surface area (Å²) in [5.41, 5.74) is 6.51. The van der Waals surface area contributed by atoms with Crippen molar-refractivity contribution in [3.63, 3.8) is 0 Å². The molecule has 0 saturated carbocycles. The minimum absolute atomic E-state index is 0.324. The van der Waals surface area contributed by atoms with Crippen LogP contribution in [-0.4, -0.2) is 41.3 Å².